The zero-order valence-electron chi connectivity index (χ0n) is 16.2. The number of hydrogen-bond acceptors (Lipinski definition) is 4. The van der Waals surface area contributed by atoms with Gasteiger partial charge in [-0.3, -0.25) is 4.79 Å². The second kappa shape index (κ2) is 9.38. The first kappa shape index (κ1) is 19.9. The summed E-state index contributed by atoms with van der Waals surface area (Å²) in [7, 11) is 3.08. The lowest BCUT2D eigenvalue weighted by atomic mass is 10.2. The highest BCUT2D eigenvalue weighted by Gasteiger charge is 2.19. The van der Waals surface area contributed by atoms with Gasteiger partial charge in [0, 0.05) is 0 Å². The Morgan fingerprint density at radius 2 is 1.57 bits per heavy atom. The lowest BCUT2D eigenvalue weighted by Crippen LogP contribution is -2.08. The monoisotopic (exact) mass is 394 g/mol. The van der Waals surface area contributed by atoms with Crippen molar-refractivity contribution in [3.63, 3.8) is 0 Å². The van der Waals surface area contributed by atoms with Crippen LogP contribution in [-0.2, 0) is 6.61 Å². The molecule has 0 fully saturated rings. The largest absolute Gasteiger partial charge is 0.496 e. The molecule has 0 spiro atoms. The van der Waals surface area contributed by atoms with Crippen LogP contribution in [0.4, 0.5) is 0 Å². The van der Waals surface area contributed by atoms with Crippen molar-refractivity contribution in [2.45, 2.75) is 13.5 Å². The Bertz CT molecular complexity index is 932. The summed E-state index contributed by atoms with van der Waals surface area (Å²) in [6.07, 6.45) is 0. The standard InChI is InChI=1S/C23H23O4P/c1-16-14-18(27-15-17-8-5-4-6-9-17)12-13-21(16)28-23(24)22-19(25-2)10-7-11-20(22)26-3/h4-14,28H,15H2,1-3H3. The summed E-state index contributed by atoms with van der Waals surface area (Å²) in [4.78, 5) is 12.9. The average molecular weight is 394 g/mol. The molecule has 0 bridgehead atoms. The Hall–Kier alpha value is -2.84. The van der Waals surface area contributed by atoms with E-state index < -0.39 is 0 Å². The molecule has 0 aliphatic carbocycles. The number of benzene rings is 3. The van der Waals surface area contributed by atoms with Crippen LogP contribution >= 0.6 is 8.58 Å². The summed E-state index contributed by atoms with van der Waals surface area (Å²) in [5, 5.41) is 0.977. The number of carbonyl (C=O) groups is 1. The minimum absolute atomic E-state index is 0.0182. The molecule has 0 aromatic heterocycles. The van der Waals surface area contributed by atoms with Gasteiger partial charge in [0.15, 0.2) is 5.52 Å². The zero-order valence-corrected chi connectivity index (χ0v) is 17.2. The summed E-state index contributed by atoms with van der Waals surface area (Å²) in [5.41, 5.74) is 2.60. The molecule has 0 heterocycles. The summed E-state index contributed by atoms with van der Waals surface area (Å²) in [5.74, 6) is 1.84. The van der Waals surface area contributed by atoms with E-state index >= 15 is 0 Å². The maximum atomic E-state index is 12.9. The molecule has 5 heteroatoms. The van der Waals surface area contributed by atoms with Crippen molar-refractivity contribution in [1.29, 1.82) is 0 Å². The molecule has 0 radical (unpaired) electrons. The van der Waals surface area contributed by atoms with Gasteiger partial charge in [0.2, 0.25) is 0 Å². The van der Waals surface area contributed by atoms with E-state index in [1.807, 2.05) is 61.5 Å². The Labute approximate surface area is 167 Å². The molecule has 0 amide bonds. The molecular weight excluding hydrogens is 371 g/mol. The molecule has 1 atom stereocenters. The van der Waals surface area contributed by atoms with E-state index in [0.717, 1.165) is 22.2 Å². The normalized spacial score (nSPS) is 10.8. The minimum Gasteiger partial charge on any atom is -0.496 e. The highest BCUT2D eigenvalue weighted by Crippen LogP contribution is 2.34. The van der Waals surface area contributed by atoms with Gasteiger partial charge in [-0.15, -0.1) is 0 Å². The SMILES string of the molecule is COc1cccc(OC)c1C(=O)Pc1ccc(OCc2ccccc2)cc1C. The third-order valence-corrected chi connectivity index (χ3v) is 5.66. The molecule has 3 aromatic rings. The molecule has 0 saturated carbocycles. The third kappa shape index (κ3) is 4.71. The number of rotatable bonds is 8. The van der Waals surface area contributed by atoms with Gasteiger partial charge >= 0.3 is 0 Å². The summed E-state index contributed by atoms with van der Waals surface area (Å²) < 4.78 is 16.6. The molecule has 4 nitrogen and oxygen atoms in total. The molecule has 28 heavy (non-hydrogen) atoms. The second-order valence-electron chi connectivity index (χ2n) is 6.24. The van der Waals surface area contributed by atoms with Crippen LogP contribution < -0.4 is 19.5 Å². The Kier molecular flexibility index (Phi) is 6.67. The topological polar surface area (TPSA) is 44.8 Å². The van der Waals surface area contributed by atoms with E-state index in [0.29, 0.717) is 23.7 Å². The summed E-state index contributed by atoms with van der Waals surface area (Å²) in [6.45, 7) is 2.50. The Morgan fingerprint density at radius 3 is 2.18 bits per heavy atom. The van der Waals surface area contributed by atoms with Gasteiger partial charge in [-0.2, -0.15) is 0 Å². The van der Waals surface area contributed by atoms with Gasteiger partial charge < -0.3 is 14.2 Å². The van der Waals surface area contributed by atoms with Gasteiger partial charge in [0.05, 0.1) is 14.2 Å². The van der Waals surface area contributed by atoms with Crippen LogP contribution in [0.15, 0.2) is 66.7 Å². The maximum Gasteiger partial charge on any atom is 0.193 e. The number of aryl methyl sites for hydroxylation is 1. The van der Waals surface area contributed by atoms with E-state index in [1.165, 1.54) is 0 Å². The van der Waals surface area contributed by atoms with Crippen molar-refractivity contribution in [2.24, 2.45) is 0 Å². The first-order valence-electron chi connectivity index (χ1n) is 8.92. The zero-order chi connectivity index (χ0) is 19.9. The van der Waals surface area contributed by atoms with Crippen molar-refractivity contribution < 1.29 is 19.0 Å². The van der Waals surface area contributed by atoms with Crippen molar-refractivity contribution in [3.8, 4) is 17.2 Å². The van der Waals surface area contributed by atoms with Gasteiger partial charge in [-0.1, -0.05) is 42.5 Å². The van der Waals surface area contributed by atoms with E-state index in [9.17, 15) is 4.79 Å². The fourth-order valence-electron chi connectivity index (χ4n) is 2.87. The molecule has 0 aliphatic heterocycles. The lowest BCUT2D eigenvalue weighted by Gasteiger charge is -2.13. The van der Waals surface area contributed by atoms with Crippen molar-refractivity contribution in [1.82, 2.24) is 0 Å². The lowest BCUT2D eigenvalue weighted by molar-refractivity contribution is 0.108. The molecule has 1 unspecified atom stereocenters. The minimum atomic E-state index is -0.0298. The Balaban J connectivity index is 1.74. The third-order valence-electron chi connectivity index (χ3n) is 4.35. The number of ether oxygens (including phenoxy) is 3. The van der Waals surface area contributed by atoms with Crippen molar-refractivity contribution in [3.05, 3.63) is 83.4 Å². The molecule has 0 aliphatic rings. The molecule has 144 valence electrons. The molecule has 3 aromatic carbocycles. The van der Waals surface area contributed by atoms with Crippen LogP contribution in [-0.4, -0.2) is 19.7 Å². The van der Waals surface area contributed by atoms with Gasteiger partial charge in [0.1, 0.15) is 29.4 Å². The molecule has 0 N–H and O–H groups in total. The van der Waals surface area contributed by atoms with Crippen LogP contribution in [0.1, 0.15) is 21.5 Å². The van der Waals surface area contributed by atoms with Gasteiger partial charge in [-0.25, -0.2) is 0 Å². The highest BCUT2D eigenvalue weighted by molar-refractivity contribution is 7.66. The Morgan fingerprint density at radius 1 is 0.893 bits per heavy atom. The van der Waals surface area contributed by atoms with Crippen LogP contribution in [0.3, 0.4) is 0 Å². The predicted molar refractivity (Wildman–Crippen MR) is 114 cm³/mol. The quantitative estimate of drug-likeness (QED) is 0.518. The van der Waals surface area contributed by atoms with E-state index in [4.69, 9.17) is 14.2 Å². The van der Waals surface area contributed by atoms with Crippen LogP contribution in [0.25, 0.3) is 0 Å². The number of methoxy groups -OCH3 is 2. The van der Waals surface area contributed by atoms with Crippen LogP contribution in [0.5, 0.6) is 17.2 Å². The van der Waals surface area contributed by atoms with Gasteiger partial charge in [0.25, 0.3) is 0 Å². The predicted octanol–water partition coefficient (Wildman–Crippen LogP) is 4.74. The van der Waals surface area contributed by atoms with E-state index in [-0.39, 0.29) is 14.1 Å². The average Bonchev–Trinajstić information content (AvgIpc) is 2.74. The molecule has 0 saturated heterocycles. The summed E-state index contributed by atoms with van der Waals surface area (Å²) in [6, 6.07) is 21.2. The smallest absolute Gasteiger partial charge is 0.193 e. The first-order valence-corrected chi connectivity index (χ1v) is 9.92. The molecular formula is C23H23O4P. The fourth-order valence-corrected chi connectivity index (χ4v) is 3.92. The van der Waals surface area contributed by atoms with Crippen molar-refractivity contribution >= 4 is 19.4 Å². The van der Waals surface area contributed by atoms with E-state index in [2.05, 4.69) is 0 Å². The number of hydrogen-bond donors (Lipinski definition) is 0. The molecule has 3 rings (SSSR count). The fraction of sp³-hybridized carbons (Fsp3) is 0.174. The highest BCUT2D eigenvalue weighted by atomic mass is 31.1. The van der Waals surface area contributed by atoms with Crippen LogP contribution in [0.2, 0.25) is 0 Å². The van der Waals surface area contributed by atoms with Crippen LogP contribution in [0, 0.1) is 6.92 Å². The van der Waals surface area contributed by atoms with Crippen molar-refractivity contribution in [2.75, 3.05) is 14.2 Å². The second-order valence-corrected chi connectivity index (χ2v) is 7.49. The van der Waals surface area contributed by atoms with Gasteiger partial charge in [-0.05, 0) is 56.2 Å². The maximum absolute atomic E-state index is 12.9. The summed E-state index contributed by atoms with van der Waals surface area (Å²) >= 11 is 0. The first-order chi connectivity index (χ1) is 13.6. The van der Waals surface area contributed by atoms with E-state index in [1.54, 1.807) is 26.4 Å². The number of carbonyl (C=O) groups excluding carboxylic acids is 1.